The van der Waals surface area contributed by atoms with Crippen molar-refractivity contribution in [1.29, 1.82) is 0 Å². The van der Waals surface area contributed by atoms with Crippen LogP contribution in [0.2, 0.25) is 0 Å². The molecule has 1 aliphatic heterocycles. The first kappa shape index (κ1) is 25.1. The Balaban J connectivity index is 1.36. The Labute approximate surface area is 204 Å². The molecule has 2 aromatic rings. The van der Waals surface area contributed by atoms with Gasteiger partial charge in [-0.05, 0) is 62.1 Å². The molecule has 4 rings (SSSR count). The van der Waals surface area contributed by atoms with E-state index >= 15 is 0 Å². The van der Waals surface area contributed by atoms with Gasteiger partial charge in [-0.2, -0.15) is 13.2 Å². The van der Waals surface area contributed by atoms with Crippen LogP contribution in [-0.2, 0) is 6.18 Å². The van der Waals surface area contributed by atoms with Crippen molar-refractivity contribution in [2.24, 2.45) is 0 Å². The van der Waals surface area contributed by atoms with Crippen LogP contribution in [0.1, 0.15) is 71.2 Å². The molecule has 1 aliphatic carbocycles. The van der Waals surface area contributed by atoms with Crippen molar-refractivity contribution in [3.05, 3.63) is 65.2 Å². The zero-order valence-corrected chi connectivity index (χ0v) is 20.0. The molecule has 1 N–H and O–H groups in total. The smallest absolute Gasteiger partial charge is 0.371 e. The number of carbonyl (C=O) groups is 2. The summed E-state index contributed by atoms with van der Waals surface area (Å²) in [6.45, 7) is 1.35. The fourth-order valence-electron chi connectivity index (χ4n) is 5.10. The maximum atomic E-state index is 13.3. The molecule has 188 valence electrons. The number of amides is 2. The van der Waals surface area contributed by atoms with Gasteiger partial charge in [0.05, 0.1) is 11.1 Å². The van der Waals surface area contributed by atoms with Crippen LogP contribution in [0.5, 0.6) is 0 Å². The Morgan fingerprint density at radius 2 is 1.54 bits per heavy atom. The molecule has 1 saturated carbocycles. The molecule has 1 saturated heterocycles. The first-order valence-electron chi connectivity index (χ1n) is 12.3. The number of halogens is 3. The van der Waals surface area contributed by atoms with E-state index in [-0.39, 0.29) is 29.5 Å². The van der Waals surface area contributed by atoms with Gasteiger partial charge in [-0.25, -0.2) is 0 Å². The Morgan fingerprint density at radius 1 is 0.914 bits per heavy atom. The number of benzene rings is 2. The lowest BCUT2D eigenvalue weighted by molar-refractivity contribution is -0.137. The van der Waals surface area contributed by atoms with Gasteiger partial charge in [0.1, 0.15) is 0 Å². The van der Waals surface area contributed by atoms with E-state index in [0.717, 1.165) is 43.5 Å². The monoisotopic (exact) mass is 487 g/mol. The molecule has 2 fully saturated rings. The van der Waals surface area contributed by atoms with Gasteiger partial charge in [-0.3, -0.25) is 9.59 Å². The van der Waals surface area contributed by atoms with Crippen molar-refractivity contribution in [1.82, 2.24) is 10.2 Å². The normalized spacial score (nSPS) is 17.8. The number of nitrogens with zero attached hydrogens (tertiary/aromatic N) is 2. The topological polar surface area (TPSA) is 52.7 Å². The predicted octanol–water partition coefficient (Wildman–Crippen LogP) is 5.51. The van der Waals surface area contributed by atoms with Crippen LogP contribution in [0.4, 0.5) is 18.9 Å². The fraction of sp³-hybridized carbons (Fsp3) is 0.481. The van der Waals surface area contributed by atoms with E-state index in [1.165, 1.54) is 18.6 Å². The van der Waals surface area contributed by atoms with E-state index in [2.05, 4.69) is 10.2 Å². The minimum Gasteiger partial charge on any atom is -0.371 e. The second kappa shape index (κ2) is 10.7. The van der Waals surface area contributed by atoms with Gasteiger partial charge in [0.15, 0.2) is 0 Å². The van der Waals surface area contributed by atoms with Gasteiger partial charge in [0.2, 0.25) is 0 Å². The number of rotatable bonds is 5. The summed E-state index contributed by atoms with van der Waals surface area (Å²) in [6, 6.07) is 12.2. The molecule has 2 amide bonds. The van der Waals surface area contributed by atoms with E-state index in [4.69, 9.17) is 0 Å². The van der Waals surface area contributed by atoms with Crippen molar-refractivity contribution in [2.45, 2.75) is 63.2 Å². The maximum absolute atomic E-state index is 13.3. The van der Waals surface area contributed by atoms with Crippen molar-refractivity contribution in [3.8, 4) is 0 Å². The summed E-state index contributed by atoms with van der Waals surface area (Å²) in [5.74, 6) is -0.327. The van der Waals surface area contributed by atoms with Crippen LogP contribution >= 0.6 is 0 Å². The van der Waals surface area contributed by atoms with Crippen LogP contribution in [0.3, 0.4) is 0 Å². The quantitative estimate of drug-likeness (QED) is 0.605. The van der Waals surface area contributed by atoms with Crippen LogP contribution in [0.25, 0.3) is 0 Å². The lowest BCUT2D eigenvalue weighted by Gasteiger charge is -2.36. The molecule has 5 nitrogen and oxygen atoms in total. The summed E-state index contributed by atoms with van der Waals surface area (Å²) in [5.41, 5.74) is 1.05. The molecule has 2 aromatic carbocycles. The summed E-state index contributed by atoms with van der Waals surface area (Å²) in [7, 11) is 1.90. The molecule has 0 radical (unpaired) electrons. The molecule has 0 bridgehead atoms. The Bertz CT molecular complexity index is 1020. The van der Waals surface area contributed by atoms with Crippen LogP contribution in [0, 0.1) is 0 Å². The average molecular weight is 488 g/mol. The van der Waals surface area contributed by atoms with Crippen LogP contribution < -0.4 is 10.2 Å². The molecule has 1 heterocycles. The Kier molecular flexibility index (Phi) is 7.67. The zero-order chi connectivity index (χ0) is 25.0. The van der Waals surface area contributed by atoms with Crippen molar-refractivity contribution in [2.75, 3.05) is 25.0 Å². The van der Waals surface area contributed by atoms with Gasteiger partial charge in [0.25, 0.3) is 11.8 Å². The SMILES string of the molecule is CN(C(=O)c1ccccc1N1CCC(NC(=O)c2ccc(C(F)(F)F)cc2)CC1)C1CCCCC1. The molecule has 8 heteroatoms. The third-order valence-corrected chi connectivity index (χ3v) is 7.22. The van der Waals surface area contributed by atoms with E-state index in [0.29, 0.717) is 31.5 Å². The minimum absolute atomic E-state index is 0.0465. The average Bonchev–Trinajstić information content (AvgIpc) is 2.88. The summed E-state index contributed by atoms with van der Waals surface area (Å²) < 4.78 is 38.3. The standard InChI is InChI=1S/C27H32F3N3O2/c1-32(22-7-3-2-4-8-22)26(35)23-9-5-6-10-24(23)33-17-15-21(16-18-33)31-25(34)19-11-13-20(14-12-19)27(28,29)30/h5-6,9-14,21-22H,2-4,7-8,15-18H2,1H3,(H,31,34). The summed E-state index contributed by atoms with van der Waals surface area (Å²) in [4.78, 5) is 30.0. The van der Waals surface area contributed by atoms with Crippen molar-refractivity contribution in [3.63, 3.8) is 0 Å². The molecular formula is C27H32F3N3O2. The van der Waals surface area contributed by atoms with Gasteiger partial charge in [0, 0.05) is 43.5 Å². The molecule has 35 heavy (non-hydrogen) atoms. The van der Waals surface area contributed by atoms with Crippen LogP contribution in [-0.4, -0.2) is 48.9 Å². The number of alkyl halides is 3. The first-order valence-corrected chi connectivity index (χ1v) is 12.3. The zero-order valence-electron chi connectivity index (χ0n) is 20.0. The van der Waals surface area contributed by atoms with E-state index in [1.807, 2.05) is 36.2 Å². The summed E-state index contributed by atoms with van der Waals surface area (Å²) in [5, 5.41) is 2.94. The molecule has 2 aliphatic rings. The molecule has 0 atom stereocenters. The lowest BCUT2D eigenvalue weighted by atomic mass is 9.94. The Morgan fingerprint density at radius 3 is 2.17 bits per heavy atom. The van der Waals surface area contributed by atoms with E-state index < -0.39 is 11.7 Å². The van der Waals surface area contributed by atoms with E-state index in [1.54, 1.807) is 0 Å². The number of anilines is 1. The molecule has 0 aromatic heterocycles. The summed E-state index contributed by atoms with van der Waals surface area (Å²) >= 11 is 0. The van der Waals surface area contributed by atoms with Crippen LogP contribution in [0.15, 0.2) is 48.5 Å². The highest BCUT2D eigenvalue weighted by molar-refractivity contribution is 6.00. The predicted molar refractivity (Wildman–Crippen MR) is 130 cm³/mol. The highest BCUT2D eigenvalue weighted by Gasteiger charge is 2.31. The second-order valence-corrected chi connectivity index (χ2v) is 9.53. The third kappa shape index (κ3) is 5.97. The largest absolute Gasteiger partial charge is 0.416 e. The van der Waals surface area contributed by atoms with Gasteiger partial charge in [-0.1, -0.05) is 31.4 Å². The molecule has 0 unspecified atom stereocenters. The number of para-hydroxylation sites is 1. The highest BCUT2D eigenvalue weighted by atomic mass is 19.4. The maximum Gasteiger partial charge on any atom is 0.416 e. The third-order valence-electron chi connectivity index (χ3n) is 7.22. The summed E-state index contributed by atoms with van der Waals surface area (Å²) in [6.07, 6.45) is 2.61. The number of hydrogen-bond donors (Lipinski definition) is 1. The number of piperidine rings is 1. The number of nitrogens with one attached hydrogen (secondary N) is 1. The van der Waals surface area contributed by atoms with Gasteiger partial charge in [-0.15, -0.1) is 0 Å². The first-order chi connectivity index (χ1) is 16.7. The highest BCUT2D eigenvalue weighted by Crippen LogP contribution is 2.30. The molecular weight excluding hydrogens is 455 g/mol. The second-order valence-electron chi connectivity index (χ2n) is 9.53. The Hall–Kier alpha value is -3.03. The number of hydrogen-bond acceptors (Lipinski definition) is 3. The van der Waals surface area contributed by atoms with Crippen molar-refractivity contribution >= 4 is 17.5 Å². The van der Waals surface area contributed by atoms with Crippen molar-refractivity contribution < 1.29 is 22.8 Å². The lowest BCUT2D eigenvalue weighted by Crippen LogP contribution is -2.45. The fourth-order valence-corrected chi connectivity index (χ4v) is 5.10. The van der Waals surface area contributed by atoms with Gasteiger partial charge < -0.3 is 15.1 Å². The number of carbonyl (C=O) groups excluding carboxylic acids is 2. The molecule has 0 spiro atoms. The van der Waals surface area contributed by atoms with Gasteiger partial charge >= 0.3 is 6.18 Å². The van der Waals surface area contributed by atoms with E-state index in [9.17, 15) is 22.8 Å². The minimum atomic E-state index is -4.43.